The molecular weight excluding hydrogens is 230 g/mol. The summed E-state index contributed by atoms with van der Waals surface area (Å²) in [6.07, 6.45) is 0.323. The smallest absolute Gasteiger partial charge is 0.260 e. The molecule has 0 aliphatic rings. The number of nitrogens with zero attached hydrogens (tertiary/aromatic N) is 2. The third kappa shape index (κ3) is 3.98. The van der Waals surface area contributed by atoms with Crippen LogP contribution in [0.2, 0.25) is 0 Å². The highest BCUT2D eigenvalue weighted by Crippen LogP contribution is 2.19. The number of aryl methyl sites for hydroxylation is 1. The first-order chi connectivity index (χ1) is 8.54. The van der Waals surface area contributed by atoms with Crippen molar-refractivity contribution in [2.75, 3.05) is 25.9 Å². The van der Waals surface area contributed by atoms with Crippen LogP contribution in [0.4, 0.5) is 5.69 Å². The summed E-state index contributed by atoms with van der Waals surface area (Å²) in [5, 5.41) is 8.44. The fraction of sp³-hybridized carbons (Fsp3) is 0.385. The van der Waals surface area contributed by atoms with E-state index in [9.17, 15) is 4.79 Å². The lowest BCUT2D eigenvalue weighted by molar-refractivity contribution is -0.131. The van der Waals surface area contributed by atoms with E-state index in [0.29, 0.717) is 24.4 Å². The molecule has 18 heavy (non-hydrogen) atoms. The Morgan fingerprint density at radius 2 is 2.28 bits per heavy atom. The molecule has 0 heterocycles. The summed E-state index contributed by atoms with van der Waals surface area (Å²) in [5.41, 5.74) is 7.18. The number of hydrogen-bond acceptors (Lipinski definition) is 4. The Bertz CT molecular complexity index is 466. The second-order valence-corrected chi connectivity index (χ2v) is 4.04. The predicted molar refractivity (Wildman–Crippen MR) is 69.0 cm³/mol. The van der Waals surface area contributed by atoms with E-state index in [1.54, 1.807) is 25.2 Å². The van der Waals surface area contributed by atoms with Crippen LogP contribution >= 0.6 is 0 Å². The molecule has 0 aliphatic carbocycles. The molecule has 1 aromatic carbocycles. The van der Waals surface area contributed by atoms with Crippen LogP contribution in [-0.4, -0.2) is 31.0 Å². The van der Waals surface area contributed by atoms with Gasteiger partial charge in [0.15, 0.2) is 6.61 Å². The Balaban J connectivity index is 2.50. The summed E-state index contributed by atoms with van der Waals surface area (Å²) in [7, 11) is 1.65. The number of benzene rings is 1. The maximum atomic E-state index is 11.7. The number of carbonyl (C=O) groups excluding carboxylic acids is 1. The van der Waals surface area contributed by atoms with Gasteiger partial charge in [-0.1, -0.05) is 0 Å². The SMILES string of the molecule is Cc1cc(N)ccc1OCC(=O)N(C)CCC#N. The lowest BCUT2D eigenvalue weighted by atomic mass is 10.2. The first-order valence-corrected chi connectivity index (χ1v) is 5.64. The van der Waals surface area contributed by atoms with Crippen molar-refractivity contribution in [1.82, 2.24) is 4.90 Å². The molecule has 0 saturated carbocycles. The quantitative estimate of drug-likeness (QED) is 0.796. The average molecular weight is 247 g/mol. The summed E-state index contributed by atoms with van der Waals surface area (Å²) in [6.45, 7) is 2.25. The Labute approximate surface area is 107 Å². The first-order valence-electron chi connectivity index (χ1n) is 5.64. The van der Waals surface area contributed by atoms with Crippen molar-refractivity contribution in [1.29, 1.82) is 5.26 Å². The number of amides is 1. The Hall–Kier alpha value is -2.22. The third-order valence-electron chi connectivity index (χ3n) is 2.53. The van der Waals surface area contributed by atoms with Gasteiger partial charge in [0.25, 0.3) is 5.91 Å². The molecule has 0 saturated heterocycles. The molecule has 0 atom stereocenters. The minimum absolute atomic E-state index is 0.0350. The molecule has 5 nitrogen and oxygen atoms in total. The summed E-state index contributed by atoms with van der Waals surface area (Å²) >= 11 is 0. The Morgan fingerprint density at radius 1 is 1.56 bits per heavy atom. The zero-order chi connectivity index (χ0) is 13.5. The van der Waals surface area contributed by atoms with E-state index in [1.807, 2.05) is 13.0 Å². The number of nitrogens with two attached hydrogens (primary N) is 1. The largest absolute Gasteiger partial charge is 0.483 e. The molecule has 0 unspecified atom stereocenters. The molecule has 0 aliphatic heterocycles. The minimum atomic E-state index is -0.151. The normalized spacial score (nSPS) is 9.61. The zero-order valence-electron chi connectivity index (χ0n) is 10.6. The molecule has 1 rings (SSSR count). The van der Waals surface area contributed by atoms with Crippen molar-refractivity contribution in [2.45, 2.75) is 13.3 Å². The summed E-state index contributed by atoms with van der Waals surface area (Å²) in [5.74, 6) is 0.493. The summed E-state index contributed by atoms with van der Waals surface area (Å²) in [6, 6.07) is 7.26. The highest BCUT2D eigenvalue weighted by molar-refractivity contribution is 5.77. The van der Waals surface area contributed by atoms with Gasteiger partial charge in [-0.25, -0.2) is 0 Å². The summed E-state index contributed by atoms with van der Waals surface area (Å²) < 4.78 is 5.43. The number of ether oxygens (including phenoxy) is 1. The molecule has 0 aromatic heterocycles. The highest BCUT2D eigenvalue weighted by atomic mass is 16.5. The number of nitrogen functional groups attached to an aromatic ring is 1. The van der Waals surface area contributed by atoms with Crippen molar-refractivity contribution < 1.29 is 9.53 Å². The Kier molecular flexibility index (Phi) is 5.00. The van der Waals surface area contributed by atoms with Crippen LogP contribution in [-0.2, 0) is 4.79 Å². The minimum Gasteiger partial charge on any atom is -0.483 e. The van der Waals surface area contributed by atoms with E-state index < -0.39 is 0 Å². The molecule has 1 aromatic rings. The number of likely N-dealkylation sites (N-methyl/N-ethyl adjacent to an activating group) is 1. The van der Waals surface area contributed by atoms with E-state index in [2.05, 4.69) is 0 Å². The lowest BCUT2D eigenvalue weighted by Gasteiger charge is -2.16. The van der Waals surface area contributed by atoms with Gasteiger partial charge in [0.1, 0.15) is 5.75 Å². The molecule has 2 N–H and O–H groups in total. The average Bonchev–Trinajstić information content (AvgIpc) is 2.34. The van der Waals surface area contributed by atoms with Gasteiger partial charge in [-0.3, -0.25) is 4.79 Å². The van der Waals surface area contributed by atoms with Crippen LogP contribution in [0.25, 0.3) is 0 Å². The summed E-state index contributed by atoms with van der Waals surface area (Å²) in [4.78, 5) is 13.1. The molecule has 0 bridgehead atoms. The van der Waals surface area contributed by atoms with Crippen LogP contribution in [0.3, 0.4) is 0 Å². The van der Waals surface area contributed by atoms with Gasteiger partial charge in [-0.15, -0.1) is 0 Å². The maximum Gasteiger partial charge on any atom is 0.260 e. The number of anilines is 1. The van der Waals surface area contributed by atoms with Gasteiger partial charge in [0.05, 0.1) is 12.5 Å². The van der Waals surface area contributed by atoms with Crippen molar-refractivity contribution >= 4 is 11.6 Å². The highest BCUT2D eigenvalue weighted by Gasteiger charge is 2.09. The van der Waals surface area contributed by atoms with Crippen molar-refractivity contribution in [3.63, 3.8) is 0 Å². The van der Waals surface area contributed by atoms with E-state index in [-0.39, 0.29) is 12.5 Å². The topological polar surface area (TPSA) is 79.3 Å². The van der Waals surface area contributed by atoms with Crippen molar-refractivity contribution in [3.8, 4) is 11.8 Å². The second kappa shape index (κ2) is 6.50. The third-order valence-corrected chi connectivity index (χ3v) is 2.53. The van der Waals surface area contributed by atoms with Crippen molar-refractivity contribution in [3.05, 3.63) is 23.8 Å². The fourth-order valence-corrected chi connectivity index (χ4v) is 1.43. The number of carbonyl (C=O) groups is 1. The number of hydrogen-bond donors (Lipinski definition) is 1. The van der Waals surface area contributed by atoms with E-state index >= 15 is 0 Å². The first kappa shape index (κ1) is 13.8. The van der Waals surface area contributed by atoms with Crippen LogP contribution in [0.15, 0.2) is 18.2 Å². The predicted octanol–water partition coefficient (Wildman–Crippen LogP) is 1.33. The molecule has 0 radical (unpaired) electrons. The van der Waals surface area contributed by atoms with E-state index in [4.69, 9.17) is 15.7 Å². The van der Waals surface area contributed by atoms with Gasteiger partial charge in [0, 0.05) is 19.3 Å². The second-order valence-electron chi connectivity index (χ2n) is 4.04. The van der Waals surface area contributed by atoms with Gasteiger partial charge < -0.3 is 15.4 Å². The van der Waals surface area contributed by atoms with Gasteiger partial charge in [-0.05, 0) is 30.7 Å². The van der Waals surface area contributed by atoms with Crippen LogP contribution < -0.4 is 10.5 Å². The molecule has 1 amide bonds. The molecule has 96 valence electrons. The molecular formula is C13H17N3O2. The molecule has 5 heteroatoms. The van der Waals surface area contributed by atoms with Crippen LogP contribution in [0.5, 0.6) is 5.75 Å². The fourth-order valence-electron chi connectivity index (χ4n) is 1.43. The maximum absolute atomic E-state index is 11.7. The number of rotatable bonds is 5. The zero-order valence-corrected chi connectivity index (χ0v) is 10.6. The van der Waals surface area contributed by atoms with Crippen LogP contribution in [0, 0.1) is 18.3 Å². The monoisotopic (exact) mass is 247 g/mol. The molecule has 0 fully saturated rings. The molecule has 0 spiro atoms. The van der Waals surface area contributed by atoms with Crippen LogP contribution in [0.1, 0.15) is 12.0 Å². The lowest BCUT2D eigenvalue weighted by Crippen LogP contribution is -2.32. The van der Waals surface area contributed by atoms with Gasteiger partial charge >= 0.3 is 0 Å². The number of nitriles is 1. The van der Waals surface area contributed by atoms with Crippen molar-refractivity contribution in [2.24, 2.45) is 0 Å². The van der Waals surface area contributed by atoms with Gasteiger partial charge in [-0.2, -0.15) is 5.26 Å². The standard InChI is InChI=1S/C13H17N3O2/c1-10-8-11(15)4-5-12(10)18-9-13(17)16(2)7-3-6-14/h4-5,8H,3,7,9,15H2,1-2H3. The van der Waals surface area contributed by atoms with Gasteiger partial charge in [0.2, 0.25) is 0 Å². The van der Waals surface area contributed by atoms with E-state index in [0.717, 1.165) is 5.56 Å². The van der Waals surface area contributed by atoms with E-state index in [1.165, 1.54) is 4.90 Å². The Morgan fingerprint density at radius 3 is 2.89 bits per heavy atom.